The van der Waals surface area contributed by atoms with Crippen LogP contribution >= 0.6 is 24.8 Å². The van der Waals surface area contributed by atoms with Crippen molar-refractivity contribution < 1.29 is 52.3 Å². The third-order valence-corrected chi connectivity index (χ3v) is 1.75. The fourth-order valence-corrected chi connectivity index (χ4v) is 0. The van der Waals surface area contributed by atoms with Gasteiger partial charge in [0, 0.05) is 0 Å². The first-order valence-corrected chi connectivity index (χ1v) is 5.45. The molecule has 0 saturated heterocycles. The van der Waals surface area contributed by atoms with Gasteiger partial charge in [-0.05, 0) is 0 Å². The monoisotopic (exact) mass is 372 g/mol. The lowest BCUT2D eigenvalue weighted by atomic mass is 11.6. The smallest absolute Gasteiger partial charge is 0.279 e. The fraction of sp³-hybridized carbons (Fsp3) is 1.00. The number of halogens is 8. The average Bonchev–Trinajstić information content (AvgIpc) is 1.77. The zero-order chi connectivity index (χ0) is 14.0. The van der Waals surface area contributed by atoms with E-state index in [1.807, 2.05) is 0 Å². The third-order valence-electron chi connectivity index (χ3n) is 0.585. The van der Waals surface area contributed by atoms with Gasteiger partial charge in [0.05, 0.1) is 0 Å². The van der Waals surface area contributed by atoms with Gasteiger partial charge in [-0.15, -0.1) is 24.8 Å². The summed E-state index contributed by atoms with van der Waals surface area (Å²) in [6.07, 6.45) is 0. The molecule has 0 aromatic carbocycles. The first-order chi connectivity index (χ1) is 6.50. The quantitative estimate of drug-likeness (QED) is 0.380. The number of hydrogen-bond donors (Lipinski definition) is 2. The van der Waals surface area contributed by atoms with E-state index < -0.39 is 31.3 Å². The Morgan fingerprint density at radius 3 is 0.667 bits per heavy atom. The van der Waals surface area contributed by atoms with Crippen LogP contribution in [0.2, 0.25) is 0 Å². The second kappa shape index (κ2) is 7.54. The second-order valence-corrected chi connectivity index (χ2v) is 4.67. The molecule has 18 heavy (non-hydrogen) atoms. The molecule has 0 aliphatic heterocycles. The Morgan fingerprint density at radius 2 is 0.667 bits per heavy atom. The molecule has 0 aliphatic carbocycles. The van der Waals surface area contributed by atoms with Crippen molar-refractivity contribution >= 4 is 45.1 Å². The van der Waals surface area contributed by atoms with Gasteiger partial charge in [0.1, 0.15) is 0 Å². The Labute approximate surface area is 109 Å². The summed E-state index contributed by atoms with van der Waals surface area (Å²) in [6, 6.07) is 0. The minimum Gasteiger partial charge on any atom is -0.279 e. The van der Waals surface area contributed by atoms with Crippen LogP contribution in [0.25, 0.3) is 0 Å². The molecule has 0 amide bonds. The van der Waals surface area contributed by atoms with Crippen LogP contribution in [0.15, 0.2) is 0 Å². The lowest BCUT2D eigenvalue weighted by molar-refractivity contribution is -0.0514. The standard InChI is InChI=1S/2CHF3O3S.2ClH/c2*2-1(3,4)8(5,6)7;;/h2*(H,5,6,7);2*1H. The predicted octanol–water partition coefficient (Wildman–Crippen LogP) is 1.63. The summed E-state index contributed by atoms with van der Waals surface area (Å²) in [5.41, 5.74) is -11.1. The van der Waals surface area contributed by atoms with E-state index >= 15 is 0 Å². The van der Waals surface area contributed by atoms with Gasteiger partial charge in [0.25, 0.3) is 0 Å². The van der Waals surface area contributed by atoms with Crippen LogP contribution in [0.3, 0.4) is 0 Å². The zero-order valence-electron chi connectivity index (χ0n) is 7.43. The summed E-state index contributed by atoms with van der Waals surface area (Å²) in [7, 11) is -11.7. The molecule has 116 valence electrons. The number of alkyl halides is 6. The van der Waals surface area contributed by atoms with Crippen LogP contribution < -0.4 is 0 Å². The molecule has 0 aromatic heterocycles. The van der Waals surface area contributed by atoms with Crippen molar-refractivity contribution in [3.8, 4) is 0 Å². The Morgan fingerprint density at radius 1 is 0.611 bits per heavy atom. The lowest BCUT2D eigenvalue weighted by Crippen LogP contribution is -2.21. The van der Waals surface area contributed by atoms with E-state index in [2.05, 4.69) is 0 Å². The van der Waals surface area contributed by atoms with E-state index in [0.29, 0.717) is 0 Å². The van der Waals surface area contributed by atoms with Crippen LogP contribution in [0.5, 0.6) is 0 Å². The van der Waals surface area contributed by atoms with E-state index in [4.69, 9.17) is 25.9 Å². The Hall–Kier alpha value is -0.0200. The van der Waals surface area contributed by atoms with Crippen LogP contribution in [0, 0.1) is 0 Å². The van der Waals surface area contributed by atoms with Crippen molar-refractivity contribution in [1.29, 1.82) is 0 Å². The molecule has 0 spiro atoms. The largest absolute Gasteiger partial charge is 0.522 e. The second-order valence-electron chi connectivity index (χ2n) is 1.84. The first kappa shape index (κ1) is 26.5. The van der Waals surface area contributed by atoms with Crippen molar-refractivity contribution in [2.24, 2.45) is 0 Å². The molecule has 0 radical (unpaired) electrons. The normalized spacial score (nSPS) is 12.4. The highest BCUT2D eigenvalue weighted by atomic mass is 35.5. The Balaban J connectivity index is -0.0000000980. The molecule has 0 aromatic rings. The summed E-state index contributed by atoms with van der Waals surface area (Å²) in [4.78, 5) is 0. The highest BCUT2D eigenvalue weighted by molar-refractivity contribution is 7.86. The van der Waals surface area contributed by atoms with Gasteiger partial charge in [-0.2, -0.15) is 43.2 Å². The van der Waals surface area contributed by atoms with Gasteiger partial charge >= 0.3 is 31.3 Å². The molecule has 0 aliphatic rings. The van der Waals surface area contributed by atoms with Crippen LogP contribution in [0.4, 0.5) is 26.3 Å². The van der Waals surface area contributed by atoms with E-state index in [0.717, 1.165) is 0 Å². The molecular formula is C2H4Cl2F6O6S2. The molecule has 16 heteroatoms. The molecule has 0 rings (SSSR count). The molecule has 2 N–H and O–H groups in total. The molecule has 0 unspecified atom stereocenters. The zero-order valence-corrected chi connectivity index (χ0v) is 10.7. The van der Waals surface area contributed by atoms with Crippen LogP contribution in [-0.4, -0.2) is 37.0 Å². The Kier molecular flexibility index (Phi) is 11.1. The average molecular weight is 373 g/mol. The SMILES string of the molecule is Cl.Cl.O=S(=O)(O)C(F)(F)F.O=S(=O)(O)C(F)(F)F. The van der Waals surface area contributed by atoms with E-state index in [1.54, 1.807) is 0 Å². The minimum absolute atomic E-state index is 0. The van der Waals surface area contributed by atoms with Crippen molar-refractivity contribution in [3.63, 3.8) is 0 Å². The summed E-state index contributed by atoms with van der Waals surface area (Å²) < 4.78 is 115. The van der Waals surface area contributed by atoms with Gasteiger partial charge < -0.3 is 0 Å². The summed E-state index contributed by atoms with van der Waals surface area (Å²) in [6.45, 7) is 0. The van der Waals surface area contributed by atoms with Gasteiger partial charge in [-0.1, -0.05) is 0 Å². The molecular weight excluding hydrogens is 369 g/mol. The molecule has 6 nitrogen and oxygen atoms in total. The van der Waals surface area contributed by atoms with Gasteiger partial charge in [0.2, 0.25) is 0 Å². The van der Waals surface area contributed by atoms with Crippen molar-refractivity contribution in [1.82, 2.24) is 0 Å². The molecule has 0 saturated carbocycles. The van der Waals surface area contributed by atoms with Crippen molar-refractivity contribution in [2.45, 2.75) is 11.0 Å². The highest BCUT2D eigenvalue weighted by Crippen LogP contribution is 2.21. The van der Waals surface area contributed by atoms with Crippen molar-refractivity contribution in [2.75, 3.05) is 0 Å². The molecule has 0 fully saturated rings. The number of rotatable bonds is 0. The van der Waals surface area contributed by atoms with E-state index in [-0.39, 0.29) is 24.8 Å². The van der Waals surface area contributed by atoms with Gasteiger partial charge in [-0.3, -0.25) is 9.11 Å². The van der Waals surface area contributed by atoms with Crippen molar-refractivity contribution in [3.05, 3.63) is 0 Å². The van der Waals surface area contributed by atoms with Crippen LogP contribution in [0.1, 0.15) is 0 Å². The maximum atomic E-state index is 10.7. The lowest BCUT2D eigenvalue weighted by Gasteiger charge is -1.97. The summed E-state index contributed by atoms with van der Waals surface area (Å²) >= 11 is 0. The fourth-order valence-electron chi connectivity index (χ4n) is 0. The molecule has 0 heterocycles. The summed E-state index contributed by atoms with van der Waals surface area (Å²) in [5, 5.41) is 0. The van der Waals surface area contributed by atoms with Gasteiger partial charge in [0.15, 0.2) is 0 Å². The third kappa shape index (κ3) is 11.1. The topological polar surface area (TPSA) is 109 Å². The maximum Gasteiger partial charge on any atom is 0.522 e. The van der Waals surface area contributed by atoms with Gasteiger partial charge in [-0.25, -0.2) is 0 Å². The minimum atomic E-state index is -5.84. The molecule has 0 bridgehead atoms. The highest BCUT2D eigenvalue weighted by Gasteiger charge is 2.45. The number of hydrogen-bond acceptors (Lipinski definition) is 4. The first-order valence-electron chi connectivity index (χ1n) is 2.57. The summed E-state index contributed by atoms with van der Waals surface area (Å²) in [5.74, 6) is 0. The van der Waals surface area contributed by atoms with Crippen LogP contribution in [-0.2, 0) is 20.2 Å². The predicted molar refractivity (Wildman–Crippen MR) is 49.7 cm³/mol. The Bertz CT molecular complexity index is 378. The molecule has 0 atom stereocenters. The van der Waals surface area contributed by atoms with E-state index in [1.165, 1.54) is 0 Å². The maximum absolute atomic E-state index is 10.7. The van der Waals surface area contributed by atoms with E-state index in [9.17, 15) is 26.3 Å².